The van der Waals surface area contributed by atoms with Crippen LogP contribution in [0.15, 0.2) is 24.3 Å². The monoisotopic (exact) mass is 696 g/mol. The lowest BCUT2D eigenvalue weighted by atomic mass is 9.96. The van der Waals surface area contributed by atoms with E-state index in [1.807, 2.05) is 0 Å². The Morgan fingerprint density at radius 3 is 1.84 bits per heavy atom. The van der Waals surface area contributed by atoms with Crippen molar-refractivity contribution in [1.29, 1.82) is 0 Å². The molecule has 1 aromatic heterocycles. The van der Waals surface area contributed by atoms with Crippen LogP contribution in [-0.4, -0.2) is 98.9 Å². The third-order valence-corrected chi connectivity index (χ3v) is 7.55. The van der Waals surface area contributed by atoms with E-state index in [1.54, 1.807) is 12.1 Å². The Hall–Kier alpha value is -5.82. The van der Waals surface area contributed by atoms with Crippen molar-refractivity contribution < 1.29 is 66.6 Å². The Kier molecular flexibility index (Phi) is 11.5. The van der Waals surface area contributed by atoms with Gasteiger partial charge in [0.1, 0.15) is 24.2 Å². The maximum absolute atomic E-state index is 14.3. The van der Waals surface area contributed by atoms with Gasteiger partial charge in [-0.25, -0.2) is 4.68 Å². The number of methoxy groups -OCH3 is 4. The predicted molar refractivity (Wildman–Crippen MR) is 171 cm³/mol. The summed E-state index contributed by atoms with van der Waals surface area (Å²) >= 11 is 0. The van der Waals surface area contributed by atoms with E-state index < -0.39 is 66.9 Å². The third kappa shape index (κ3) is 7.42. The molecule has 3 aromatic rings. The largest absolute Gasteiger partial charge is 0.495 e. The highest BCUT2D eigenvalue weighted by Gasteiger charge is 2.53. The van der Waals surface area contributed by atoms with Gasteiger partial charge in [0.15, 0.2) is 36.0 Å². The molecule has 2 heterocycles. The van der Waals surface area contributed by atoms with Crippen molar-refractivity contribution in [2.45, 2.75) is 58.3 Å². The smallest absolute Gasteiger partial charge is 0.303 e. The number of aromatic nitrogens is 2. The van der Waals surface area contributed by atoms with Gasteiger partial charge in [-0.3, -0.25) is 24.0 Å². The first-order valence-electron chi connectivity index (χ1n) is 15.0. The second kappa shape index (κ2) is 15.6. The molecule has 3 unspecified atom stereocenters. The molecule has 0 N–H and O–H groups in total. The van der Waals surface area contributed by atoms with Crippen molar-refractivity contribution in [2.75, 3.05) is 35.0 Å². The van der Waals surface area contributed by atoms with Gasteiger partial charge in [-0.15, -0.1) is 6.42 Å². The number of esters is 4. The average Bonchev–Trinajstić information content (AvgIpc) is 3.46. The molecular weight excluding hydrogens is 660 g/mol. The predicted octanol–water partition coefficient (Wildman–Crippen LogP) is 2.54. The molecule has 2 aromatic carbocycles. The van der Waals surface area contributed by atoms with Crippen molar-refractivity contribution in [3.05, 3.63) is 41.1 Å². The van der Waals surface area contributed by atoms with Gasteiger partial charge in [0.05, 0.1) is 39.5 Å². The Labute approximate surface area is 286 Å². The number of carbonyl (C=O) groups excluding carboxylic acids is 5. The summed E-state index contributed by atoms with van der Waals surface area (Å²) in [4.78, 5) is 63.3. The summed E-state index contributed by atoms with van der Waals surface area (Å²) < 4.78 is 51.3. The molecule has 266 valence electrons. The fraction of sp³-hybridized carbons (Fsp3) is 0.412. The van der Waals surface area contributed by atoms with Gasteiger partial charge in [0, 0.05) is 38.6 Å². The number of carbonyl (C=O) groups is 5. The molecule has 1 saturated heterocycles. The zero-order valence-electron chi connectivity index (χ0n) is 28.6. The second-order valence-corrected chi connectivity index (χ2v) is 10.8. The van der Waals surface area contributed by atoms with Gasteiger partial charge < -0.3 is 42.6 Å². The van der Waals surface area contributed by atoms with Crippen molar-refractivity contribution in [3.8, 4) is 35.3 Å². The number of fused-ring (bicyclic) bond motifs is 1. The summed E-state index contributed by atoms with van der Waals surface area (Å²) in [5.41, 5.74) is 0.213. The van der Waals surface area contributed by atoms with E-state index >= 15 is 0 Å². The molecule has 4 rings (SSSR count). The molecule has 16 heteroatoms. The third-order valence-electron chi connectivity index (χ3n) is 7.55. The van der Waals surface area contributed by atoms with E-state index in [2.05, 4.69) is 11.0 Å². The van der Waals surface area contributed by atoms with Crippen molar-refractivity contribution in [3.63, 3.8) is 0 Å². The highest BCUT2D eigenvalue weighted by atomic mass is 16.7. The van der Waals surface area contributed by atoms with Gasteiger partial charge in [0.25, 0.3) is 0 Å². The summed E-state index contributed by atoms with van der Waals surface area (Å²) in [7, 11) is 5.59. The Morgan fingerprint density at radius 1 is 0.780 bits per heavy atom. The fourth-order valence-electron chi connectivity index (χ4n) is 5.63. The van der Waals surface area contributed by atoms with Crippen molar-refractivity contribution in [1.82, 2.24) is 9.78 Å². The van der Waals surface area contributed by atoms with Crippen LogP contribution in [0.4, 0.5) is 0 Å². The Balaban J connectivity index is 2.04. The minimum atomic E-state index is -1.56. The van der Waals surface area contributed by atoms with Crippen LogP contribution in [0.25, 0.3) is 10.9 Å². The molecule has 1 aliphatic heterocycles. The molecule has 0 aliphatic carbocycles. The first-order chi connectivity index (χ1) is 23.8. The lowest BCUT2D eigenvalue weighted by Crippen LogP contribution is -2.60. The van der Waals surface area contributed by atoms with Crippen LogP contribution in [0.1, 0.15) is 55.5 Å². The number of ketones is 1. The number of nitrogens with zero attached hydrogens (tertiary/aromatic N) is 2. The van der Waals surface area contributed by atoms with Crippen molar-refractivity contribution >= 4 is 40.6 Å². The molecule has 0 amide bonds. The highest BCUT2D eigenvalue weighted by Crippen LogP contribution is 2.41. The number of hydrogen-bond acceptors (Lipinski definition) is 15. The number of hydrogen-bond donors (Lipinski definition) is 0. The summed E-state index contributed by atoms with van der Waals surface area (Å²) in [5.74, 6) is -0.350. The molecule has 5 atom stereocenters. The van der Waals surface area contributed by atoms with Crippen LogP contribution >= 0.6 is 0 Å². The summed E-state index contributed by atoms with van der Waals surface area (Å²) in [6, 6.07) is 5.97. The van der Waals surface area contributed by atoms with E-state index in [0.717, 1.165) is 27.7 Å². The van der Waals surface area contributed by atoms with Crippen molar-refractivity contribution in [2.24, 2.45) is 0 Å². The van der Waals surface area contributed by atoms with E-state index in [1.165, 1.54) is 45.3 Å². The van der Waals surface area contributed by atoms with Gasteiger partial charge in [-0.1, -0.05) is 5.92 Å². The average molecular weight is 697 g/mol. The standard InChI is InChI=1S/C34H36N2O14/c1-10-21-23(42-6)12-11-22-27(29(41)20-13-24(43-7)30(45-9)25(14-20)44-8)35-36(28(21)22)34-33(49-19(5)40)32(48-18(4)39)31(47-17(3)38)26(50-34)15-46-16(2)37/h1,11-14,26,31-34H,15H2,2-9H3/t26?,31-,32?,33?,34-/m1/s1. The van der Waals surface area contributed by atoms with Crippen LogP contribution < -0.4 is 18.9 Å². The SMILES string of the molecule is C#Cc1c(OC)ccc2c(C(=O)c3cc(OC)c(OC)c(OC)c3)nn([C@@H]3OC(COC(C)=O)[C@@H](OC(C)=O)C(OC(C)=O)C3OC(C)=O)c12. The summed E-state index contributed by atoms with van der Waals surface area (Å²) in [5, 5.41) is 4.87. The van der Waals surface area contributed by atoms with Crippen LogP contribution in [0, 0.1) is 12.3 Å². The summed E-state index contributed by atoms with van der Waals surface area (Å²) in [6.45, 7) is 3.97. The van der Waals surface area contributed by atoms with Crippen LogP contribution in [-0.2, 0) is 42.9 Å². The first kappa shape index (κ1) is 37.0. The maximum Gasteiger partial charge on any atom is 0.303 e. The number of benzene rings is 2. The van der Waals surface area contributed by atoms with E-state index in [4.69, 9.17) is 49.1 Å². The molecule has 1 fully saturated rings. The molecule has 0 radical (unpaired) electrons. The van der Waals surface area contributed by atoms with Gasteiger partial charge in [-0.2, -0.15) is 5.10 Å². The van der Waals surface area contributed by atoms with E-state index in [0.29, 0.717) is 0 Å². The lowest BCUT2D eigenvalue weighted by molar-refractivity contribution is -0.269. The molecule has 50 heavy (non-hydrogen) atoms. The first-order valence-corrected chi connectivity index (χ1v) is 15.0. The topological polar surface area (TPSA) is 186 Å². The number of ether oxygens (including phenoxy) is 9. The maximum atomic E-state index is 14.3. The quantitative estimate of drug-likeness (QED) is 0.116. The Bertz CT molecular complexity index is 1830. The molecule has 1 aliphatic rings. The Morgan fingerprint density at radius 2 is 1.34 bits per heavy atom. The van der Waals surface area contributed by atoms with Crippen LogP contribution in [0.5, 0.6) is 23.0 Å². The molecule has 0 bridgehead atoms. The lowest BCUT2D eigenvalue weighted by Gasteiger charge is -2.44. The van der Waals surface area contributed by atoms with E-state index in [-0.39, 0.29) is 50.7 Å². The minimum absolute atomic E-state index is 0.0886. The fourth-order valence-corrected chi connectivity index (χ4v) is 5.63. The molecule has 16 nitrogen and oxygen atoms in total. The normalized spacial score (nSPS) is 19.8. The zero-order valence-corrected chi connectivity index (χ0v) is 28.6. The molecule has 0 saturated carbocycles. The van der Waals surface area contributed by atoms with Gasteiger partial charge >= 0.3 is 23.9 Å². The molecular formula is C34H36N2O14. The van der Waals surface area contributed by atoms with Crippen LogP contribution in [0.3, 0.4) is 0 Å². The minimum Gasteiger partial charge on any atom is -0.495 e. The van der Waals surface area contributed by atoms with Gasteiger partial charge in [0.2, 0.25) is 11.5 Å². The zero-order chi connectivity index (χ0) is 36.9. The van der Waals surface area contributed by atoms with E-state index in [9.17, 15) is 24.0 Å². The molecule has 0 spiro atoms. The highest BCUT2D eigenvalue weighted by molar-refractivity contribution is 6.16. The number of rotatable bonds is 12. The number of terminal acetylenes is 1. The second-order valence-electron chi connectivity index (χ2n) is 10.8. The van der Waals surface area contributed by atoms with Crippen LogP contribution in [0.2, 0.25) is 0 Å². The summed E-state index contributed by atoms with van der Waals surface area (Å²) in [6.07, 6.45) is -1.37. The van der Waals surface area contributed by atoms with Gasteiger partial charge in [-0.05, 0) is 24.3 Å².